The fourth-order valence-electron chi connectivity index (χ4n) is 4.44. The van der Waals surface area contributed by atoms with E-state index in [1.807, 2.05) is 13.8 Å². The van der Waals surface area contributed by atoms with E-state index in [1.165, 1.54) is 22.1 Å². The minimum Gasteiger partial charge on any atom is -0.395 e. The van der Waals surface area contributed by atoms with Gasteiger partial charge in [-0.25, -0.2) is 5.43 Å². The van der Waals surface area contributed by atoms with Gasteiger partial charge in [-0.05, 0) is 50.0 Å². The van der Waals surface area contributed by atoms with Crippen LogP contribution >= 0.6 is 0 Å². The highest BCUT2D eigenvalue weighted by Gasteiger charge is 2.41. The van der Waals surface area contributed by atoms with E-state index in [-0.39, 0.29) is 30.0 Å². The summed E-state index contributed by atoms with van der Waals surface area (Å²) in [5.74, 6) is -0.204. The van der Waals surface area contributed by atoms with Crippen molar-refractivity contribution in [1.29, 1.82) is 0 Å². The van der Waals surface area contributed by atoms with Gasteiger partial charge in [0.25, 0.3) is 0 Å². The van der Waals surface area contributed by atoms with E-state index >= 15 is 0 Å². The Labute approximate surface area is 159 Å². The third kappa shape index (κ3) is 2.98. The highest BCUT2D eigenvalue weighted by atomic mass is 16.3. The van der Waals surface area contributed by atoms with E-state index in [0.29, 0.717) is 13.1 Å². The highest BCUT2D eigenvalue weighted by molar-refractivity contribution is 6.00. The molecule has 1 amide bonds. The van der Waals surface area contributed by atoms with Gasteiger partial charge in [0.2, 0.25) is 5.91 Å². The molecule has 144 valence electrons. The smallest absolute Gasteiger partial charge is 0.245 e. The first-order chi connectivity index (χ1) is 12.9. The lowest BCUT2D eigenvalue weighted by atomic mass is 9.72. The maximum Gasteiger partial charge on any atom is 0.245 e. The second-order valence-electron chi connectivity index (χ2n) is 8.05. The summed E-state index contributed by atoms with van der Waals surface area (Å²) < 4.78 is 0. The van der Waals surface area contributed by atoms with E-state index in [0.717, 1.165) is 11.9 Å². The number of nitrogens with one attached hydrogen (secondary N) is 3. The molecule has 2 aliphatic rings. The zero-order valence-electron chi connectivity index (χ0n) is 16.2. The third-order valence-corrected chi connectivity index (χ3v) is 5.76. The van der Waals surface area contributed by atoms with E-state index < -0.39 is 0 Å². The molecule has 0 saturated heterocycles. The molecule has 2 atom stereocenters. The number of aromatic nitrogens is 1. The first-order valence-corrected chi connectivity index (χ1v) is 9.68. The Balaban J connectivity index is 1.72. The van der Waals surface area contributed by atoms with Gasteiger partial charge in [-0.15, -0.1) is 0 Å². The van der Waals surface area contributed by atoms with Gasteiger partial charge in [0, 0.05) is 41.8 Å². The van der Waals surface area contributed by atoms with Crippen molar-refractivity contribution in [3.8, 4) is 0 Å². The van der Waals surface area contributed by atoms with Crippen LogP contribution in [0, 0.1) is 5.92 Å². The van der Waals surface area contributed by atoms with Gasteiger partial charge in [0.1, 0.15) is 0 Å². The first kappa shape index (κ1) is 18.2. The monoisotopic (exact) mass is 368 g/mol. The molecule has 1 aliphatic heterocycles. The Bertz CT molecular complexity index is 901. The number of hydrazine groups is 1. The molecular weight excluding hydrogens is 340 g/mol. The molecule has 27 heavy (non-hydrogen) atoms. The summed E-state index contributed by atoms with van der Waals surface area (Å²) in [6, 6.07) is 6.34. The summed E-state index contributed by atoms with van der Waals surface area (Å²) in [7, 11) is 0. The molecule has 6 heteroatoms. The molecule has 0 bridgehead atoms. The van der Waals surface area contributed by atoms with Crippen molar-refractivity contribution < 1.29 is 9.90 Å². The van der Waals surface area contributed by atoms with Crippen LogP contribution < -0.4 is 10.7 Å². The SMILES string of the molecule is CC(C)N(NCCO)C(=O)[C@@H]1C=C2c3cccc4[nH]cc(c34)C[C@@]2(C)NC1. The zero-order chi connectivity index (χ0) is 19.2. The van der Waals surface area contributed by atoms with Crippen LogP contribution in [-0.2, 0) is 11.2 Å². The molecular formula is C21H28N4O2. The average molecular weight is 368 g/mol. The molecule has 0 spiro atoms. The van der Waals surface area contributed by atoms with Crippen LogP contribution in [0.5, 0.6) is 0 Å². The maximum atomic E-state index is 13.2. The summed E-state index contributed by atoms with van der Waals surface area (Å²) in [5, 5.41) is 15.7. The van der Waals surface area contributed by atoms with Crippen LogP contribution in [0.3, 0.4) is 0 Å². The van der Waals surface area contributed by atoms with Crippen LogP contribution in [0.25, 0.3) is 16.5 Å². The van der Waals surface area contributed by atoms with E-state index in [9.17, 15) is 4.79 Å². The molecule has 0 unspecified atom stereocenters. The molecule has 0 radical (unpaired) electrons. The van der Waals surface area contributed by atoms with Crippen molar-refractivity contribution in [3.05, 3.63) is 41.6 Å². The summed E-state index contributed by atoms with van der Waals surface area (Å²) in [4.78, 5) is 16.5. The van der Waals surface area contributed by atoms with Crippen molar-refractivity contribution in [2.24, 2.45) is 5.92 Å². The lowest BCUT2D eigenvalue weighted by Gasteiger charge is -2.43. The second kappa shape index (κ2) is 6.78. The van der Waals surface area contributed by atoms with Crippen LogP contribution in [0.2, 0.25) is 0 Å². The Morgan fingerprint density at radius 2 is 2.26 bits per heavy atom. The number of aliphatic hydroxyl groups is 1. The molecule has 1 aromatic heterocycles. The topological polar surface area (TPSA) is 80.4 Å². The Hall–Kier alpha value is -2.15. The van der Waals surface area contributed by atoms with Gasteiger partial charge >= 0.3 is 0 Å². The maximum absolute atomic E-state index is 13.2. The number of carbonyl (C=O) groups is 1. The van der Waals surface area contributed by atoms with Gasteiger partial charge in [0.05, 0.1) is 12.5 Å². The number of fused-ring (bicyclic) bond motifs is 2. The molecule has 1 aromatic carbocycles. The van der Waals surface area contributed by atoms with Crippen molar-refractivity contribution in [2.75, 3.05) is 19.7 Å². The Kier molecular flexibility index (Phi) is 4.58. The van der Waals surface area contributed by atoms with E-state index in [2.05, 4.69) is 53.1 Å². The molecule has 4 rings (SSSR count). The number of aromatic amines is 1. The summed E-state index contributed by atoms with van der Waals surface area (Å²) in [6.07, 6.45) is 5.17. The van der Waals surface area contributed by atoms with Crippen molar-refractivity contribution in [3.63, 3.8) is 0 Å². The van der Waals surface area contributed by atoms with E-state index in [1.54, 1.807) is 5.01 Å². The molecule has 4 N–H and O–H groups in total. The number of carbonyl (C=O) groups excluding carboxylic acids is 1. The zero-order valence-corrected chi connectivity index (χ0v) is 16.2. The molecule has 0 fully saturated rings. The van der Waals surface area contributed by atoms with Crippen LogP contribution in [0.4, 0.5) is 0 Å². The number of rotatable bonds is 5. The summed E-state index contributed by atoms with van der Waals surface area (Å²) in [5.41, 5.74) is 7.77. The lowest BCUT2D eigenvalue weighted by Crippen LogP contribution is -2.56. The predicted molar refractivity (Wildman–Crippen MR) is 107 cm³/mol. The van der Waals surface area contributed by atoms with E-state index in [4.69, 9.17) is 5.11 Å². The first-order valence-electron chi connectivity index (χ1n) is 9.68. The van der Waals surface area contributed by atoms with Gasteiger partial charge in [-0.1, -0.05) is 18.2 Å². The summed E-state index contributed by atoms with van der Waals surface area (Å²) in [6.45, 7) is 7.14. The number of amides is 1. The van der Waals surface area contributed by atoms with Crippen molar-refractivity contribution in [2.45, 2.75) is 38.8 Å². The number of hydrogen-bond donors (Lipinski definition) is 4. The number of H-pyrrole nitrogens is 1. The quantitative estimate of drug-likeness (QED) is 0.607. The van der Waals surface area contributed by atoms with Crippen LogP contribution in [0.15, 0.2) is 30.5 Å². The molecule has 6 nitrogen and oxygen atoms in total. The second-order valence-corrected chi connectivity index (χ2v) is 8.05. The molecule has 1 aliphatic carbocycles. The number of hydrogen-bond acceptors (Lipinski definition) is 4. The van der Waals surface area contributed by atoms with Gasteiger partial charge in [-0.2, -0.15) is 0 Å². The highest BCUT2D eigenvalue weighted by Crippen LogP contribution is 2.43. The van der Waals surface area contributed by atoms with Gasteiger partial charge < -0.3 is 15.4 Å². The van der Waals surface area contributed by atoms with Gasteiger partial charge in [0.15, 0.2) is 0 Å². The number of benzene rings is 1. The fourth-order valence-corrected chi connectivity index (χ4v) is 4.44. The Morgan fingerprint density at radius 3 is 3.00 bits per heavy atom. The number of nitrogens with zero attached hydrogens (tertiary/aromatic N) is 1. The average Bonchev–Trinajstić information content (AvgIpc) is 3.05. The molecule has 2 heterocycles. The minimum absolute atomic E-state index is 0.00313. The fraction of sp³-hybridized carbons (Fsp3) is 0.476. The lowest BCUT2D eigenvalue weighted by molar-refractivity contribution is -0.139. The van der Waals surface area contributed by atoms with Crippen molar-refractivity contribution >= 4 is 22.4 Å². The van der Waals surface area contributed by atoms with Gasteiger partial charge in [-0.3, -0.25) is 9.80 Å². The summed E-state index contributed by atoms with van der Waals surface area (Å²) >= 11 is 0. The Morgan fingerprint density at radius 1 is 1.44 bits per heavy atom. The predicted octanol–water partition coefficient (Wildman–Crippen LogP) is 1.82. The number of aliphatic hydroxyl groups excluding tert-OH is 1. The minimum atomic E-state index is -0.239. The largest absolute Gasteiger partial charge is 0.395 e. The normalized spacial score (nSPS) is 24.0. The standard InChI is InChI=1S/C21H28N4O2/c1-13(2)25(24-7-8-26)20(27)14-9-17-16-5-4-6-18-19(16)15(11-22-18)10-21(17,3)23-12-14/h4-6,9,11,13-14,22-24,26H,7-8,10,12H2,1-3H3/t14-,21-/m1/s1. The molecule has 0 saturated carbocycles. The van der Waals surface area contributed by atoms with Crippen molar-refractivity contribution in [1.82, 2.24) is 20.7 Å². The van der Waals surface area contributed by atoms with Crippen LogP contribution in [-0.4, -0.2) is 52.3 Å². The van der Waals surface area contributed by atoms with Crippen LogP contribution in [0.1, 0.15) is 31.9 Å². The molecule has 2 aromatic rings. The third-order valence-electron chi connectivity index (χ3n) is 5.76.